The van der Waals surface area contributed by atoms with Crippen LogP contribution in [0.25, 0.3) is 22.3 Å². The van der Waals surface area contributed by atoms with Crippen LogP contribution in [0.1, 0.15) is 42.3 Å². The van der Waals surface area contributed by atoms with Gasteiger partial charge in [0.05, 0.1) is 23.1 Å². The first-order valence-corrected chi connectivity index (χ1v) is 12.4. The summed E-state index contributed by atoms with van der Waals surface area (Å²) in [6, 6.07) is 19.0. The Balaban J connectivity index is 1.43. The summed E-state index contributed by atoms with van der Waals surface area (Å²) in [6.07, 6.45) is 3.32. The van der Waals surface area contributed by atoms with Crippen molar-refractivity contribution in [1.29, 1.82) is 0 Å². The number of hydrogen-bond acceptors (Lipinski definition) is 5. The van der Waals surface area contributed by atoms with E-state index < -0.39 is 0 Å². The second-order valence-corrected chi connectivity index (χ2v) is 10.4. The number of nitrogens with one attached hydrogen (secondary N) is 3. The van der Waals surface area contributed by atoms with Crippen molar-refractivity contribution in [2.75, 3.05) is 10.6 Å². The van der Waals surface area contributed by atoms with E-state index in [0.717, 1.165) is 22.2 Å². The van der Waals surface area contributed by atoms with Crippen LogP contribution >= 0.6 is 0 Å². The number of carbonyl (C=O) groups is 1. The maximum atomic E-state index is 13.0. The molecule has 2 heterocycles. The minimum atomic E-state index is -0.253. The van der Waals surface area contributed by atoms with E-state index >= 15 is 0 Å². The van der Waals surface area contributed by atoms with Gasteiger partial charge < -0.3 is 20.2 Å². The van der Waals surface area contributed by atoms with E-state index in [4.69, 9.17) is 0 Å². The van der Waals surface area contributed by atoms with Gasteiger partial charge in [0, 0.05) is 35.7 Å². The fourth-order valence-corrected chi connectivity index (χ4v) is 4.33. The van der Waals surface area contributed by atoms with Gasteiger partial charge in [-0.3, -0.25) is 9.59 Å². The van der Waals surface area contributed by atoms with Gasteiger partial charge in [0.1, 0.15) is 0 Å². The summed E-state index contributed by atoms with van der Waals surface area (Å²) < 4.78 is 1.50. The molecule has 8 nitrogen and oxygen atoms in total. The molecular formula is C30H30N6O2. The normalized spacial score (nSPS) is 11.5. The zero-order valence-corrected chi connectivity index (χ0v) is 22.1. The Hall–Kier alpha value is -4.72. The molecule has 2 aromatic heterocycles. The number of amides is 1. The second kappa shape index (κ2) is 9.63. The van der Waals surface area contributed by atoms with Gasteiger partial charge in [0.15, 0.2) is 5.82 Å². The lowest BCUT2D eigenvalue weighted by Gasteiger charge is -2.19. The van der Waals surface area contributed by atoms with Gasteiger partial charge in [-0.2, -0.15) is 0 Å². The molecule has 38 heavy (non-hydrogen) atoms. The Morgan fingerprint density at radius 1 is 1.03 bits per heavy atom. The Kier molecular flexibility index (Phi) is 6.32. The third-order valence-corrected chi connectivity index (χ3v) is 6.63. The van der Waals surface area contributed by atoms with Gasteiger partial charge >= 0.3 is 0 Å². The van der Waals surface area contributed by atoms with E-state index in [-0.39, 0.29) is 22.7 Å². The smallest absolute Gasteiger partial charge is 0.293 e. The first kappa shape index (κ1) is 25.0. The molecule has 0 spiro atoms. The molecule has 0 radical (unpaired) electrons. The van der Waals surface area contributed by atoms with Crippen molar-refractivity contribution in [1.82, 2.24) is 19.5 Å². The van der Waals surface area contributed by atoms with Crippen molar-refractivity contribution in [3.05, 3.63) is 100 Å². The molecule has 192 valence electrons. The Labute approximate surface area is 220 Å². The van der Waals surface area contributed by atoms with Gasteiger partial charge in [-0.15, -0.1) is 0 Å². The van der Waals surface area contributed by atoms with Crippen LogP contribution in [0.4, 0.5) is 17.2 Å². The van der Waals surface area contributed by atoms with Gasteiger partial charge in [0.25, 0.3) is 11.5 Å². The number of carbonyl (C=O) groups excluding carboxylic acids is 1. The van der Waals surface area contributed by atoms with E-state index in [1.165, 1.54) is 10.1 Å². The first-order chi connectivity index (χ1) is 18.1. The second-order valence-electron chi connectivity index (χ2n) is 10.4. The maximum Gasteiger partial charge on any atom is 0.293 e. The molecule has 3 N–H and O–H groups in total. The van der Waals surface area contributed by atoms with Crippen molar-refractivity contribution in [2.24, 2.45) is 7.05 Å². The number of fused-ring (bicyclic) bond motifs is 1. The molecule has 0 fully saturated rings. The molecule has 0 aliphatic carbocycles. The summed E-state index contributed by atoms with van der Waals surface area (Å²) in [7, 11) is 1.69. The van der Waals surface area contributed by atoms with Crippen molar-refractivity contribution < 1.29 is 4.79 Å². The topological polar surface area (TPSA) is 105 Å². The Bertz CT molecular complexity index is 1710. The zero-order valence-electron chi connectivity index (χ0n) is 22.1. The highest BCUT2D eigenvalue weighted by atomic mass is 16.1. The Morgan fingerprint density at radius 3 is 2.53 bits per heavy atom. The number of hydrogen-bond donors (Lipinski definition) is 3. The highest BCUT2D eigenvalue weighted by molar-refractivity contribution is 6.05. The highest BCUT2D eigenvalue weighted by Crippen LogP contribution is 2.29. The van der Waals surface area contributed by atoms with Crippen molar-refractivity contribution >= 4 is 34.1 Å². The quantitative estimate of drug-likeness (QED) is 0.274. The van der Waals surface area contributed by atoms with E-state index in [0.29, 0.717) is 22.6 Å². The number of aromatic amines is 1. The average molecular weight is 507 g/mol. The fraction of sp³-hybridized carbons (Fsp3) is 0.200. The molecule has 0 aliphatic rings. The minimum Gasteiger partial charge on any atom is -0.345 e. The SMILES string of the molecule is Cc1c(NC(=O)c2ccc(C(C)(C)C)cc2)cccc1-c1cn(C)c(=O)c(Nc2ccc3[nH]cnc3c2)n1. The molecule has 0 aliphatic heterocycles. The van der Waals surface area contributed by atoms with Gasteiger partial charge in [0.2, 0.25) is 0 Å². The molecule has 1 amide bonds. The number of nitrogens with zero attached hydrogens (tertiary/aromatic N) is 3. The lowest BCUT2D eigenvalue weighted by Crippen LogP contribution is -2.21. The summed E-state index contributed by atoms with van der Waals surface area (Å²) in [6.45, 7) is 8.36. The third kappa shape index (κ3) is 4.93. The van der Waals surface area contributed by atoms with Crippen molar-refractivity contribution in [3.8, 4) is 11.3 Å². The van der Waals surface area contributed by atoms with Crippen LogP contribution < -0.4 is 16.2 Å². The number of aromatic nitrogens is 4. The molecule has 5 rings (SSSR count). The van der Waals surface area contributed by atoms with E-state index in [9.17, 15) is 9.59 Å². The fourth-order valence-electron chi connectivity index (χ4n) is 4.33. The molecule has 0 saturated heterocycles. The average Bonchev–Trinajstić information content (AvgIpc) is 3.35. The number of benzene rings is 3. The van der Waals surface area contributed by atoms with E-state index in [1.54, 1.807) is 19.6 Å². The summed E-state index contributed by atoms with van der Waals surface area (Å²) in [5, 5.41) is 6.17. The van der Waals surface area contributed by atoms with Crippen LogP contribution in [-0.2, 0) is 12.5 Å². The summed E-state index contributed by atoms with van der Waals surface area (Å²) in [5.41, 5.74) is 6.88. The van der Waals surface area contributed by atoms with Crippen LogP contribution in [0.15, 0.2) is 78.0 Å². The zero-order chi connectivity index (χ0) is 27.0. The molecular weight excluding hydrogens is 476 g/mol. The van der Waals surface area contributed by atoms with Crippen LogP contribution in [0, 0.1) is 6.92 Å². The summed E-state index contributed by atoms with van der Waals surface area (Å²) in [4.78, 5) is 37.9. The number of imidazole rings is 1. The predicted molar refractivity (Wildman–Crippen MR) is 152 cm³/mol. The van der Waals surface area contributed by atoms with Crippen molar-refractivity contribution in [3.63, 3.8) is 0 Å². The predicted octanol–water partition coefficient (Wildman–Crippen LogP) is 5.93. The minimum absolute atomic E-state index is 0.0160. The monoisotopic (exact) mass is 506 g/mol. The number of anilines is 3. The lowest BCUT2D eigenvalue weighted by molar-refractivity contribution is 0.102. The van der Waals surface area contributed by atoms with Crippen LogP contribution in [-0.4, -0.2) is 25.4 Å². The third-order valence-electron chi connectivity index (χ3n) is 6.63. The molecule has 0 atom stereocenters. The Morgan fingerprint density at radius 2 is 1.79 bits per heavy atom. The lowest BCUT2D eigenvalue weighted by atomic mass is 9.86. The molecule has 0 bridgehead atoms. The number of H-pyrrole nitrogens is 1. The first-order valence-electron chi connectivity index (χ1n) is 12.4. The summed E-state index contributed by atoms with van der Waals surface area (Å²) >= 11 is 0. The van der Waals surface area contributed by atoms with Crippen LogP contribution in [0.5, 0.6) is 0 Å². The van der Waals surface area contributed by atoms with Crippen LogP contribution in [0.3, 0.4) is 0 Å². The van der Waals surface area contributed by atoms with Crippen molar-refractivity contribution in [2.45, 2.75) is 33.1 Å². The number of rotatable bonds is 5. The molecule has 0 unspecified atom stereocenters. The molecule has 3 aromatic carbocycles. The van der Waals surface area contributed by atoms with Gasteiger partial charge in [-0.25, -0.2) is 9.97 Å². The van der Waals surface area contributed by atoms with Gasteiger partial charge in [-0.05, 0) is 59.9 Å². The van der Waals surface area contributed by atoms with Gasteiger partial charge in [-0.1, -0.05) is 45.0 Å². The van der Waals surface area contributed by atoms with Crippen LogP contribution in [0.2, 0.25) is 0 Å². The summed E-state index contributed by atoms with van der Waals surface area (Å²) in [5.74, 6) is 0.0166. The molecule has 5 aromatic rings. The van der Waals surface area contributed by atoms with E-state index in [2.05, 4.69) is 46.4 Å². The largest absolute Gasteiger partial charge is 0.345 e. The standard InChI is InChI=1S/C30H30N6O2/c1-18-22(7-6-8-23(18)35-28(37)19-9-11-20(12-10-19)30(2,3)4)26-16-36(5)29(38)27(34-26)33-21-13-14-24-25(15-21)32-17-31-24/h6-17H,1-5H3,(H,31,32)(H,33,34)(H,35,37). The van der Waals surface area contributed by atoms with E-state index in [1.807, 2.05) is 67.6 Å². The highest BCUT2D eigenvalue weighted by Gasteiger charge is 2.17. The number of aryl methyl sites for hydroxylation is 1. The molecule has 8 heteroatoms. The maximum absolute atomic E-state index is 13.0. The molecule has 0 saturated carbocycles.